The molecule has 1 heterocycles. The molecule has 1 atom stereocenters. The summed E-state index contributed by atoms with van der Waals surface area (Å²) in [5.74, 6) is 2.13. The second-order valence-electron chi connectivity index (χ2n) is 6.98. The van der Waals surface area contributed by atoms with Gasteiger partial charge in [0.1, 0.15) is 23.3 Å². The number of rotatable bonds is 6. The molecule has 1 amide bonds. The fraction of sp³-hybridized carbons (Fsp3) is 0.160. The van der Waals surface area contributed by atoms with Crippen LogP contribution in [0.3, 0.4) is 0 Å². The molecule has 0 aromatic heterocycles. The quantitative estimate of drug-likeness (QED) is 0.552. The lowest BCUT2D eigenvalue weighted by Crippen LogP contribution is -2.26. The molecule has 152 valence electrons. The number of carbonyl (C=O) groups excluding carboxylic acids is 1. The van der Waals surface area contributed by atoms with Gasteiger partial charge in [-0.15, -0.1) is 0 Å². The minimum absolute atomic E-state index is 0.328. The highest BCUT2D eigenvalue weighted by Gasteiger charge is 2.38. The third-order valence-electron chi connectivity index (χ3n) is 5.07. The van der Waals surface area contributed by atoms with Crippen LogP contribution < -0.4 is 9.47 Å². The number of carbonyl (C=O) groups is 1. The third-order valence-corrected chi connectivity index (χ3v) is 5.07. The van der Waals surface area contributed by atoms with Crippen LogP contribution in [0.2, 0.25) is 0 Å². The van der Waals surface area contributed by atoms with Crippen molar-refractivity contribution in [3.8, 4) is 11.5 Å². The number of ether oxygens (including phenoxy) is 3. The Labute approximate surface area is 176 Å². The molecule has 1 aliphatic heterocycles. The first kappa shape index (κ1) is 19.6. The highest BCUT2D eigenvalue weighted by Crippen LogP contribution is 2.39. The maximum absolute atomic E-state index is 12.8. The van der Waals surface area contributed by atoms with Crippen molar-refractivity contribution < 1.29 is 19.0 Å². The van der Waals surface area contributed by atoms with Crippen molar-refractivity contribution in [1.29, 1.82) is 0 Å². The summed E-state index contributed by atoms with van der Waals surface area (Å²) in [6, 6.07) is 24.9. The Balaban J connectivity index is 1.71. The van der Waals surface area contributed by atoms with Crippen molar-refractivity contribution in [3.05, 3.63) is 101 Å². The summed E-state index contributed by atoms with van der Waals surface area (Å²) in [6.45, 7) is 0.455. The van der Waals surface area contributed by atoms with E-state index < -0.39 is 0 Å². The zero-order valence-electron chi connectivity index (χ0n) is 16.9. The summed E-state index contributed by atoms with van der Waals surface area (Å²) < 4.78 is 16.2. The molecule has 3 aromatic carbocycles. The molecular formula is C25H23NO4. The van der Waals surface area contributed by atoms with Gasteiger partial charge in [0, 0.05) is 0 Å². The van der Waals surface area contributed by atoms with Crippen molar-refractivity contribution in [1.82, 2.24) is 4.90 Å². The molecule has 0 aliphatic carbocycles. The first-order valence-electron chi connectivity index (χ1n) is 9.70. The van der Waals surface area contributed by atoms with Gasteiger partial charge in [-0.2, -0.15) is 0 Å². The van der Waals surface area contributed by atoms with Crippen molar-refractivity contribution in [2.45, 2.75) is 12.6 Å². The molecule has 3 aromatic rings. The number of nitrogens with zero attached hydrogens (tertiary/aromatic N) is 1. The van der Waals surface area contributed by atoms with Gasteiger partial charge in [-0.3, -0.25) is 4.90 Å². The van der Waals surface area contributed by atoms with Gasteiger partial charge in [0.05, 0.1) is 20.8 Å². The molecule has 1 aliphatic rings. The van der Waals surface area contributed by atoms with Crippen molar-refractivity contribution in [2.75, 3.05) is 14.2 Å². The molecule has 1 saturated heterocycles. The lowest BCUT2D eigenvalue weighted by Gasteiger charge is -2.22. The predicted octanol–water partition coefficient (Wildman–Crippen LogP) is 5.44. The topological polar surface area (TPSA) is 48.0 Å². The average Bonchev–Trinajstić information content (AvgIpc) is 3.09. The monoisotopic (exact) mass is 401 g/mol. The highest BCUT2D eigenvalue weighted by molar-refractivity contribution is 5.76. The molecule has 1 fully saturated rings. The third kappa shape index (κ3) is 4.15. The molecule has 0 bridgehead atoms. The van der Waals surface area contributed by atoms with Crippen molar-refractivity contribution >= 4 is 12.2 Å². The lowest BCUT2D eigenvalue weighted by atomic mass is 10.0. The molecule has 0 radical (unpaired) electrons. The van der Waals surface area contributed by atoms with Crippen LogP contribution in [0.1, 0.15) is 22.7 Å². The number of cyclic esters (lactones) is 1. The lowest BCUT2D eigenvalue weighted by molar-refractivity contribution is 0.163. The zero-order chi connectivity index (χ0) is 20.9. The van der Waals surface area contributed by atoms with E-state index in [1.807, 2.05) is 84.9 Å². The largest absolute Gasteiger partial charge is 0.497 e. The van der Waals surface area contributed by atoms with E-state index in [1.165, 1.54) is 0 Å². The second-order valence-corrected chi connectivity index (χ2v) is 6.98. The van der Waals surface area contributed by atoms with Gasteiger partial charge in [-0.1, -0.05) is 54.6 Å². The standard InChI is InChI=1S/C25H23NO4/c1-28-21-12-8-18(9-13-21)16-23-24(20-10-14-22(29-2)15-11-20)26(25(27)30-23)17-19-6-4-3-5-7-19/h3-16,24H,17H2,1-2H3/b23-16-. The molecule has 5 heteroatoms. The Hall–Kier alpha value is -3.73. The highest BCUT2D eigenvalue weighted by atomic mass is 16.6. The van der Waals surface area contributed by atoms with Crippen LogP contribution >= 0.6 is 0 Å². The minimum atomic E-state index is -0.362. The van der Waals surface area contributed by atoms with Crippen LogP contribution in [-0.2, 0) is 11.3 Å². The van der Waals surface area contributed by atoms with E-state index in [1.54, 1.807) is 19.1 Å². The first-order chi connectivity index (χ1) is 14.7. The average molecular weight is 401 g/mol. The zero-order valence-corrected chi connectivity index (χ0v) is 16.9. The van der Waals surface area contributed by atoms with Crippen molar-refractivity contribution in [3.63, 3.8) is 0 Å². The Kier molecular flexibility index (Phi) is 5.70. The van der Waals surface area contributed by atoms with Gasteiger partial charge in [0.25, 0.3) is 0 Å². The summed E-state index contributed by atoms with van der Waals surface area (Å²) in [6.07, 6.45) is 1.54. The Morgan fingerprint density at radius 3 is 2.07 bits per heavy atom. The summed E-state index contributed by atoms with van der Waals surface area (Å²) in [4.78, 5) is 14.5. The Bertz CT molecular complexity index is 1030. The molecular weight excluding hydrogens is 378 g/mol. The number of hydrogen-bond acceptors (Lipinski definition) is 4. The van der Waals surface area contributed by atoms with Gasteiger partial charge in [-0.05, 0) is 47.0 Å². The number of methoxy groups -OCH3 is 2. The van der Waals surface area contributed by atoms with E-state index >= 15 is 0 Å². The second kappa shape index (κ2) is 8.74. The maximum Gasteiger partial charge on any atom is 0.416 e. The Morgan fingerprint density at radius 2 is 1.47 bits per heavy atom. The number of hydrogen-bond donors (Lipinski definition) is 0. The van der Waals surface area contributed by atoms with Gasteiger partial charge in [-0.25, -0.2) is 4.79 Å². The van der Waals surface area contributed by atoms with E-state index in [2.05, 4.69) is 0 Å². The molecule has 1 unspecified atom stereocenters. The fourth-order valence-electron chi connectivity index (χ4n) is 3.51. The SMILES string of the molecule is COc1ccc(/C=C2\OC(=O)N(Cc3ccccc3)C2c2ccc(OC)cc2)cc1. The van der Waals surface area contributed by atoms with E-state index in [0.29, 0.717) is 12.3 Å². The number of benzene rings is 3. The van der Waals surface area contributed by atoms with Crippen LogP contribution in [0.25, 0.3) is 6.08 Å². The van der Waals surface area contributed by atoms with Gasteiger partial charge < -0.3 is 14.2 Å². The molecule has 5 nitrogen and oxygen atoms in total. The normalized spacial score (nSPS) is 17.1. The summed E-state index contributed by atoms with van der Waals surface area (Å²) >= 11 is 0. The van der Waals surface area contributed by atoms with Crippen LogP contribution in [0.4, 0.5) is 4.79 Å². The maximum atomic E-state index is 12.8. The van der Waals surface area contributed by atoms with Crippen LogP contribution in [0.15, 0.2) is 84.6 Å². The first-order valence-corrected chi connectivity index (χ1v) is 9.70. The summed E-state index contributed by atoms with van der Waals surface area (Å²) in [7, 11) is 3.27. The summed E-state index contributed by atoms with van der Waals surface area (Å²) in [5, 5.41) is 0. The van der Waals surface area contributed by atoms with E-state index in [-0.39, 0.29) is 12.1 Å². The number of amides is 1. The van der Waals surface area contributed by atoms with E-state index in [4.69, 9.17) is 14.2 Å². The van der Waals surface area contributed by atoms with E-state index in [0.717, 1.165) is 28.2 Å². The van der Waals surface area contributed by atoms with E-state index in [9.17, 15) is 4.79 Å². The molecule has 0 N–H and O–H groups in total. The van der Waals surface area contributed by atoms with Gasteiger partial charge in [0.15, 0.2) is 0 Å². The fourth-order valence-corrected chi connectivity index (χ4v) is 3.51. The predicted molar refractivity (Wildman–Crippen MR) is 115 cm³/mol. The van der Waals surface area contributed by atoms with Gasteiger partial charge in [0.2, 0.25) is 0 Å². The summed E-state index contributed by atoms with van der Waals surface area (Å²) in [5.41, 5.74) is 2.93. The van der Waals surface area contributed by atoms with Crippen molar-refractivity contribution in [2.24, 2.45) is 0 Å². The van der Waals surface area contributed by atoms with Crippen LogP contribution in [0, 0.1) is 0 Å². The van der Waals surface area contributed by atoms with Crippen LogP contribution in [0.5, 0.6) is 11.5 Å². The molecule has 0 spiro atoms. The molecule has 30 heavy (non-hydrogen) atoms. The molecule has 0 saturated carbocycles. The van der Waals surface area contributed by atoms with Crippen LogP contribution in [-0.4, -0.2) is 25.2 Å². The smallest absolute Gasteiger partial charge is 0.416 e. The van der Waals surface area contributed by atoms with Gasteiger partial charge >= 0.3 is 6.09 Å². The minimum Gasteiger partial charge on any atom is -0.497 e. The Morgan fingerprint density at radius 1 is 0.867 bits per heavy atom. The molecule has 4 rings (SSSR count).